The molecule has 0 amide bonds. The molecule has 0 radical (unpaired) electrons. The van der Waals surface area contributed by atoms with Gasteiger partial charge in [0.2, 0.25) is 11.8 Å². The van der Waals surface area contributed by atoms with Crippen LogP contribution in [0.25, 0.3) is 0 Å². The number of hydrogen-bond acceptors (Lipinski definition) is 4. The maximum absolute atomic E-state index is 6.14. The van der Waals surface area contributed by atoms with Crippen LogP contribution in [-0.2, 0) is 19.4 Å². The van der Waals surface area contributed by atoms with Crippen LogP contribution < -0.4 is 0 Å². The van der Waals surface area contributed by atoms with Crippen molar-refractivity contribution in [1.29, 1.82) is 0 Å². The molecule has 0 bridgehead atoms. The van der Waals surface area contributed by atoms with Crippen molar-refractivity contribution < 1.29 is 4.42 Å². The fraction of sp³-hybridized carbons (Fsp3) is 0.312. The van der Waals surface area contributed by atoms with Crippen LogP contribution in [0.15, 0.2) is 28.7 Å². The SMILES string of the molecule is Cc1nn(CCc2nnc(Cc3ccc(Cl)cc3)o2)c(C)c1Cl. The minimum absolute atomic E-state index is 0.591. The first kappa shape index (κ1) is 16.0. The van der Waals surface area contributed by atoms with Gasteiger partial charge in [0.25, 0.3) is 0 Å². The third-order valence-electron chi connectivity index (χ3n) is 3.61. The molecule has 5 nitrogen and oxygen atoms in total. The van der Waals surface area contributed by atoms with Gasteiger partial charge in [0.05, 0.1) is 22.8 Å². The van der Waals surface area contributed by atoms with E-state index in [2.05, 4.69) is 15.3 Å². The molecule has 120 valence electrons. The van der Waals surface area contributed by atoms with Gasteiger partial charge in [-0.3, -0.25) is 4.68 Å². The van der Waals surface area contributed by atoms with Crippen LogP contribution in [0, 0.1) is 13.8 Å². The summed E-state index contributed by atoms with van der Waals surface area (Å²) in [5.41, 5.74) is 2.86. The minimum atomic E-state index is 0.591. The van der Waals surface area contributed by atoms with E-state index in [0.29, 0.717) is 41.2 Å². The van der Waals surface area contributed by atoms with Gasteiger partial charge in [0, 0.05) is 18.0 Å². The highest BCUT2D eigenvalue weighted by molar-refractivity contribution is 6.31. The summed E-state index contributed by atoms with van der Waals surface area (Å²) >= 11 is 12.0. The van der Waals surface area contributed by atoms with Crippen molar-refractivity contribution in [3.8, 4) is 0 Å². The van der Waals surface area contributed by atoms with Crippen LogP contribution in [-0.4, -0.2) is 20.0 Å². The van der Waals surface area contributed by atoms with Crippen molar-refractivity contribution >= 4 is 23.2 Å². The minimum Gasteiger partial charge on any atom is -0.425 e. The Balaban J connectivity index is 1.63. The van der Waals surface area contributed by atoms with Crippen molar-refractivity contribution in [1.82, 2.24) is 20.0 Å². The first-order valence-corrected chi connectivity index (χ1v) is 8.03. The second kappa shape index (κ2) is 6.72. The first-order chi connectivity index (χ1) is 11.0. The molecule has 0 fully saturated rings. The lowest BCUT2D eigenvalue weighted by Crippen LogP contribution is -2.05. The summed E-state index contributed by atoms with van der Waals surface area (Å²) in [5.74, 6) is 1.19. The number of nitrogens with zero attached hydrogens (tertiary/aromatic N) is 4. The third kappa shape index (κ3) is 3.74. The van der Waals surface area contributed by atoms with Crippen molar-refractivity contribution in [2.75, 3.05) is 0 Å². The lowest BCUT2D eigenvalue weighted by Gasteiger charge is -2.01. The van der Waals surface area contributed by atoms with Gasteiger partial charge in [-0.1, -0.05) is 35.3 Å². The smallest absolute Gasteiger partial charge is 0.220 e. The van der Waals surface area contributed by atoms with Crippen molar-refractivity contribution in [2.45, 2.75) is 33.2 Å². The predicted octanol–water partition coefficient (Wildman–Crippen LogP) is 4.02. The summed E-state index contributed by atoms with van der Waals surface area (Å²) in [6, 6.07) is 7.59. The van der Waals surface area contributed by atoms with E-state index in [1.165, 1.54) is 0 Å². The molecule has 0 aliphatic carbocycles. The van der Waals surface area contributed by atoms with E-state index in [9.17, 15) is 0 Å². The monoisotopic (exact) mass is 350 g/mol. The molecule has 0 saturated heterocycles. The number of hydrogen-bond donors (Lipinski definition) is 0. The van der Waals surface area contributed by atoms with E-state index in [-0.39, 0.29) is 0 Å². The summed E-state index contributed by atoms with van der Waals surface area (Å²) in [6.07, 6.45) is 1.21. The molecule has 1 aromatic carbocycles. The average Bonchev–Trinajstić information content (AvgIpc) is 3.08. The summed E-state index contributed by atoms with van der Waals surface area (Å²) in [7, 11) is 0. The Morgan fingerprint density at radius 3 is 2.39 bits per heavy atom. The van der Waals surface area contributed by atoms with Gasteiger partial charge in [-0.15, -0.1) is 10.2 Å². The zero-order valence-electron chi connectivity index (χ0n) is 12.9. The molecule has 2 aromatic heterocycles. The molecule has 3 rings (SSSR count). The Bertz CT molecular complexity index is 808. The van der Waals surface area contributed by atoms with Crippen LogP contribution in [0.3, 0.4) is 0 Å². The maximum atomic E-state index is 6.14. The van der Waals surface area contributed by atoms with Crippen LogP contribution in [0.1, 0.15) is 28.7 Å². The van der Waals surface area contributed by atoms with Crippen molar-refractivity contribution in [3.63, 3.8) is 0 Å². The Kier molecular flexibility index (Phi) is 4.68. The second-order valence-electron chi connectivity index (χ2n) is 5.35. The van der Waals surface area contributed by atoms with Crippen LogP contribution in [0.4, 0.5) is 0 Å². The predicted molar refractivity (Wildman–Crippen MR) is 89.0 cm³/mol. The van der Waals surface area contributed by atoms with Gasteiger partial charge in [0.1, 0.15) is 0 Å². The maximum Gasteiger partial charge on any atom is 0.220 e. The number of halogens is 2. The number of aryl methyl sites for hydroxylation is 3. The number of rotatable bonds is 5. The van der Waals surface area contributed by atoms with E-state index in [0.717, 1.165) is 17.0 Å². The second-order valence-corrected chi connectivity index (χ2v) is 6.17. The molecule has 3 aromatic rings. The van der Waals surface area contributed by atoms with Gasteiger partial charge in [-0.05, 0) is 31.5 Å². The molecule has 23 heavy (non-hydrogen) atoms. The van der Waals surface area contributed by atoms with E-state index in [4.69, 9.17) is 27.6 Å². The van der Waals surface area contributed by atoms with Crippen molar-refractivity contribution in [2.24, 2.45) is 0 Å². The molecule has 0 N–H and O–H groups in total. The molecule has 0 aliphatic heterocycles. The molecule has 0 unspecified atom stereocenters. The Hall–Kier alpha value is -1.85. The highest BCUT2D eigenvalue weighted by atomic mass is 35.5. The topological polar surface area (TPSA) is 56.7 Å². The standard InChI is InChI=1S/C16H16Cl2N4O/c1-10-16(18)11(2)22(21-10)8-7-14-19-20-15(23-14)9-12-3-5-13(17)6-4-12/h3-6H,7-9H2,1-2H3. The first-order valence-electron chi connectivity index (χ1n) is 7.28. The van der Waals surface area contributed by atoms with Crippen molar-refractivity contribution in [3.05, 3.63) is 63.0 Å². The summed E-state index contributed by atoms with van der Waals surface area (Å²) < 4.78 is 7.55. The molecule has 0 spiro atoms. The highest BCUT2D eigenvalue weighted by Crippen LogP contribution is 2.19. The van der Waals surface area contributed by atoms with Gasteiger partial charge in [-0.25, -0.2) is 0 Å². The van der Waals surface area contributed by atoms with E-state index >= 15 is 0 Å². The van der Waals surface area contributed by atoms with E-state index in [1.807, 2.05) is 42.8 Å². The fourth-order valence-corrected chi connectivity index (χ4v) is 2.59. The van der Waals surface area contributed by atoms with Crippen LogP contribution >= 0.6 is 23.2 Å². The van der Waals surface area contributed by atoms with E-state index < -0.39 is 0 Å². The number of aromatic nitrogens is 4. The van der Waals surface area contributed by atoms with Crippen LogP contribution in [0.5, 0.6) is 0 Å². The van der Waals surface area contributed by atoms with Gasteiger partial charge in [-0.2, -0.15) is 5.10 Å². The lowest BCUT2D eigenvalue weighted by atomic mass is 10.1. The molecule has 7 heteroatoms. The number of benzene rings is 1. The highest BCUT2D eigenvalue weighted by Gasteiger charge is 2.11. The van der Waals surface area contributed by atoms with E-state index in [1.54, 1.807) is 0 Å². The Morgan fingerprint density at radius 1 is 1.04 bits per heavy atom. The molecular weight excluding hydrogens is 335 g/mol. The van der Waals surface area contributed by atoms with Gasteiger partial charge in [0.15, 0.2) is 0 Å². The summed E-state index contributed by atoms with van der Waals surface area (Å²) in [4.78, 5) is 0. The Labute approximate surface area is 144 Å². The molecular formula is C16H16Cl2N4O. The van der Waals surface area contributed by atoms with Crippen LogP contribution in [0.2, 0.25) is 10.0 Å². The van der Waals surface area contributed by atoms with Gasteiger partial charge >= 0.3 is 0 Å². The third-order valence-corrected chi connectivity index (χ3v) is 4.41. The molecule has 0 saturated carbocycles. The molecule has 0 atom stereocenters. The zero-order valence-corrected chi connectivity index (χ0v) is 14.4. The molecule has 0 aliphatic rings. The lowest BCUT2D eigenvalue weighted by molar-refractivity contribution is 0.437. The summed E-state index contributed by atoms with van der Waals surface area (Å²) in [6.45, 7) is 4.49. The molecule has 2 heterocycles. The fourth-order valence-electron chi connectivity index (χ4n) is 2.33. The average molecular weight is 351 g/mol. The zero-order chi connectivity index (χ0) is 16.4. The summed E-state index contributed by atoms with van der Waals surface area (Å²) in [5, 5.41) is 14.0. The van der Waals surface area contributed by atoms with Gasteiger partial charge < -0.3 is 4.42 Å². The quantitative estimate of drug-likeness (QED) is 0.697. The normalized spacial score (nSPS) is 11.1. The largest absolute Gasteiger partial charge is 0.425 e. The Morgan fingerprint density at radius 2 is 1.74 bits per heavy atom.